The van der Waals surface area contributed by atoms with E-state index in [1.807, 2.05) is 31.2 Å². The van der Waals surface area contributed by atoms with E-state index in [1.165, 1.54) is 5.56 Å². The van der Waals surface area contributed by atoms with Crippen molar-refractivity contribution in [2.75, 3.05) is 5.32 Å². The van der Waals surface area contributed by atoms with E-state index < -0.39 is 0 Å². The molecule has 1 aliphatic carbocycles. The highest BCUT2D eigenvalue weighted by atomic mass is 32.1. The summed E-state index contributed by atoms with van der Waals surface area (Å²) in [5.41, 5.74) is 4.92. The molecular weight excluding hydrogens is 344 g/mol. The molecule has 3 aromatic rings. The number of nitrogens with zero attached hydrogens (tertiary/aromatic N) is 1. The van der Waals surface area contributed by atoms with Crippen molar-refractivity contribution in [3.8, 4) is 0 Å². The van der Waals surface area contributed by atoms with Crippen LogP contribution in [0.2, 0.25) is 0 Å². The van der Waals surface area contributed by atoms with Crippen LogP contribution in [0.1, 0.15) is 46.4 Å². The van der Waals surface area contributed by atoms with Crippen LogP contribution in [0.4, 0.5) is 5.88 Å². The molecule has 0 saturated carbocycles. The van der Waals surface area contributed by atoms with Gasteiger partial charge in [-0.1, -0.05) is 41.6 Å². The maximum atomic E-state index is 13.2. The predicted octanol–water partition coefficient (Wildman–Crippen LogP) is 5.00. The lowest BCUT2D eigenvalue weighted by Gasteiger charge is -2.34. The SMILES string of the molecule is Cc1noc2c1[C@@H](c1cccs1)C1=C(C[C@H](c3ccccc3)CC1=O)N2. The van der Waals surface area contributed by atoms with E-state index in [4.69, 9.17) is 4.52 Å². The molecule has 5 heteroatoms. The molecule has 0 bridgehead atoms. The zero-order valence-electron chi connectivity index (χ0n) is 14.4. The summed E-state index contributed by atoms with van der Waals surface area (Å²) in [6, 6.07) is 14.4. The summed E-state index contributed by atoms with van der Waals surface area (Å²) in [5.74, 6) is 1.03. The quantitative estimate of drug-likeness (QED) is 0.697. The monoisotopic (exact) mass is 362 g/mol. The van der Waals surface area contributed by atoms with Gasteiger partial charge in [-0.25, -0.2) is 0 Å². The summed E-state index contributed by atoms with van der Waals surface area (Å²) in [6.45, 7) is 1.94. The Hall–Kier alpha value is -2.66. The second-order valence-electron chi connectivity index (χ2n) is 6.92. The Kier molecular flexibility index (Phi) is 3.57. The van der Waals surface area contributed by atoms with Crippen LogP contribution in [0.25, 0.3) is 0 Å². The molecule has 4 nitrogen and oxygen atoms in total. The molecule has 130 valence electrons. The van der Waals surface area contributed by atoms with Gasteiger partial charge in [-0.05, 0) is 36.3 Å². The smallest absolute Gasteiger partial charge is 0.233 e. The maximum absolute atomic E-state index is 13.2. The average Bonchev–Trinajstić information content (AvgIpc) is 3.31. The standard InChI is InChI=1S/C21H18N2O2S/c1-12-18-20(17-8-5-9-26-17)19-15(22-21(18)25-23-12)10-14(11-16(19)24)13-6-3-2-4-7-13/h2-9,14,20,22H,10-11H2,1H3/t14-,20+/m0/s1. The van der Waals surface area contributed by atoms with Crippen LogP contribution < -0.4 is 5.32 Å². The molecule has 0 fully saturated rings. The summed E-state index contributed by atoms with van der Waals surface area (Å²) in [7, 11) is 0. The Balaban J connectivity index is 1.62. The van der Waals surface area contributed by atoms with Gasteiger partial charge in [0.25, 0.3) is 0 Å². The van der Waals surface area contributed by atoms with E-state index in [9.17, 15) is 4.79 Å². The molecule has 2 aliphatic rings. The minimum atomic E-state index is -0.0725. The first-order chi connectivity index (χ1) is 12.7. The lowest BCUT2D eigenvalue weighted by molar-refractivity contribution is -0.116. The zero-order chi connectivity index (χ0) is 17.7. The van der Waals surface area contributed by atoms with E-state index in [0.717, 1.165) is 33.8 Å². The predicted molar refractivity (Wildman–Crippen MR) is 101 cm³/mol. The van der Waals surface area contributed by atoms with Gasteiger partial charge >= 0.3 is 0 Å². The number of nitrogens with one attached hydrogen (secondary N) is 1. The molecule has 0 amide bonds. The molecule has 3 heterocycles. The Bertz CT molecular complexity index is 1000. The maximum Gasteiger partial charge on any atom is 0.233 e. The number of ketones is 1. The minimum absolute atomic E-state index is 0.0725. The topological polar surface area (TPSA) is 55.1 Å². The van der Waals surface area contributed by atoms with Gasteiger partial charge in [0.2, 0.25) is 5.88 Å². The van der Waals surface area contributed by atoms with Crippen molar-refractivity contribution in [2.24, 2.45) is 0 Å². The number of thiophene rings is 1. The number of fused-ring (bicyclic) bond motifs is 1. The lowest BCUT2D eigenvalue weighted by Crippen LogP contribution is -2.29. The largest absolute Gasteiger partial charge is 0.338 e. The highest BCUT2D eigenvalue weighted by molar-refractivity contribution is 7.10. The molecule has 2 aromatic heterocycles. The van der Waals surface area contributed by atoms with Crippen molar-refractivity contribution < 1.29 is 9.32 Å². The first kappa shape index (κ1) is 15.6. The number of Topliss-reactive ketones (excluding diaryl/α,β-unsaturated/α-hetero) is 1. The van der Waals surface area contributed by atoms with Gasteiger partial charge in [-0.3, -0.25) is 4.79 Å². The van der Waals surface area contributed by atoms with Crippen LogP contribution in [0.15, 0.2) is 63.6 Å². The first-order valence-corrected chi connectivity index (χ1v) is 9.68. The molecule has 1 aromatic carbocycles. The molecule has 5 rings (SSSR count). The molecule has 0 unspecified atom stereocenters. The van der Waals surface area contributed by atoms with Gasteiger partial charge in [0.15, 0.2) is 5.78 Å². The van der Waals surface area contributed by atoms with E-state index >= 15 is 0 Å². The summed E-state index contributed by atoms with van der Waals surface area (Å²) >= 11 is 1.68. The highest BCUT2D eigenvalue weighted by Gasteiger charge is 2.41. The number of carbonyl (C=O) groups is 1. The van der Waals surface area contributed by atoms with Crippen molar-refractivity contribution in [1.82, 2.24) is 5.16 Å². The summed E-state index contributed by atoms with van der Waals surface area (Å²) < 4.78 is 5.54. The second-order valence-corrected chi connectivity index (χ2v) is 7.89. The number of aryl methyl sites for hydroxylation is 1. The van der Waals surface area contributed by atoms with E-state index in [0.29, 0.717) is 12.3 Å². The Labute approximate surface area is 155 Å². The van der Waals surface area contributed by atoms with Crippen molar-refractivity contribution in [3.05, 3.63) is 80.8 Å². The Morgan fingerprint density at radius 2 is 2.00 bits per heavy atom. The third kappa shape index (κ3) is 2.35. The zero-order valence-corrected chi connectivity index (χ0v) is 15.2. The summed E-state index contributed by atoms with van der Waals surface area (Å²) in [4.78, 5) is 14.4. The van der Waals surface area contributed by atoms with Gasteiger partial charge in [-0.2, -0.15) is 0 Å². The van der Waals surface area contributed by atoms with Crippen molar-refractivity contribution >= 4 is 23.0 Å². The molecule has 0 spiro atoms. The second kappa shape index (κ2) is 5.95. The third-order valence-electron chi connectivity index (χ3n) is 5.36. The highest BCUT2D eigenvalue weighted by Crippen LogP contribution is 2.49. The fraction of sp³-hybridized carbons (Fsp3) is 0.238. The van der Waals surface area contributed by atoms with E-state index in [-0.39, 0.29) is 17.6 Å². The number of carbonyl (C=O) groups excluding carboxylic acids is 1. The van der Waals surface area contributed by atoms with Gasteiger partial charge in [0.05, 0.1) is 17.2 Å². The molecule has 26 heavy (non-hydrogen) atoms. The van der Waals surface area contributed by atoms with Crippen LogP contribution in [-0.4, -0.2) is 10.9 Å². The molecule has 0 radical (unpaired) electrons. The van der Waals surface area contributed by atoms with Crippen LogP contribution in [-0.2, 0) is 4.79 Å². The number of hydrogen-bond acceptors (Lipinski definition) is 5. The van der Waals surface area contributed by atoms with Gasteiger partial charge in [-0.15, -0.1) is 11.3 Å². The van der Waals surface area contributed by atoms with E-state index in [2.05, 4.69) is 34.1 Å². The summed E-state index contributed by atoms with van der Waals surface area (Å²) in [6.07, 6.45) is 1.36. The lowest BCUT2D eigenvalue weighted by atomic mass is 9.74. The third-order valence-corrected chi connectivity index (χ3v) is 6.29. The Morgan fingerprint density at radius 1 is 1.15 bits per heavy atom. The molecule has 2 atom stereocenters. The van der Waals surface area contributed by atoms with Crippen LogP contribution in [0.3, 0.4) is 0 Å². The van der Waals surface area contributed by atoms with Gasteiger partial charge < -0.3 is 9.84 Å². The number of anilines is 1. The number of hydrogen-bond donors (Lipinski definition) is 1. The van der Waals surface area contributed by atoms with Crippen molar-refractivity contribution in [3.63, 3.8) is 0 Å². The molecule has 1 N–H and O–H groups in total. The summed E-state index contributed by atoms with van der Waals surface area (Å²) in [5, 5.41) is 9.58. The Morgan fingerprint density at radius 3 is 2.77 bits per heavy atom. The number of allylic oxidation sites excluding steroid dienone is 2. The number of rotatable bonds is 2. The number of benzene rings is 1. The fourth-order valence-corrected chi connectivity index (χ4v) is 5.02. The fourth-order valence-electron chi connectivity index (χ4n) is 4.17. The molecule has 1 aliphatic heterocycles. The number of aromatic nitrogens is 1. The van der Waals surface area contributed by atoms with Crippen LogP contribution in [0.5, 0.6) is 0 Å². The van der Waals surface area contributed by atoms with E-state index in [1.54, 1.807) is 11.3 Å². The minimum Gasteiger partial charge on any atom is -0.338 e. The normalized spacial score (nSPS) is 22.0. The van der Waals surface area contributed by atoms with Crippen molar-refractivity contribution in [2.45, 2.75) is 31.6 Å². The molecule has 0 saturated heterocycles. The first-order valence-electron chi connectivity index (χ1n) is 8.80. The van der Waals surface area contributed by atoms with Gasteiger partial charge in [0, 0.05) is 22.6 Å². The van der Waals surface area contributed by atoms with Gasteiger partial charge in [0.1, 0.15) is 0 Å². The average molecular weight is 362 g/mol. The molecular formula is C21H18N2O2S. The van der Waals surface area contributed by atoms with Crippen molar-refractivity contribution in [1.29, 1.82) is 0 Å². The van der Waals surface area contributed by atoms with Crippen LogP contribution in [0, 0.1) is 6.92 Å². The van der Waals surface area contributed by atoms with Crippen LogP contribution >= 0.6 is 11.3 Å².